The maximum Gasteiger partial charge on any atom is -0.0351 e. The van der Waals surface area contributed by atoms with Crippen LogP contribution >= 0.6 is 0 Å². The number of allylic oxidation sites excluding steroid dienone is 2. The van der Waals surface area contributed by atoms with Crippen LogP contribution in [0.15, 0.2) is 12.2 Å². The number of unbranched alkanes of at least 4 members (excludes halogenated alkanes) is 12. The Kier molecular flexibility index (Phi) is 16.5. The molecule has 0 nitrogen and oxygen atoms in total. The summed E-state index contributed by atoms with van der Waals surface area (Å²) in [4.78, 5) is 0. The van der Waals surface area contributed by atoms with Crippen LogP contribution in [-0.4, -0.2) is 0 Å². The van der Waals surface area contributed by atoms with Crippen molar-refractivity contribution in [1.29, 1.82) is 0 Å². The smallest absolute Gasteiger partial charge is 0.0351 e. The van der Waals surface area contributed by atoms with Crippen molar-refractivity contribution in [1.82, 2.24) is 0 Å². The number of hydrogen-bond acceptors (Lipinski definition) is 0. The van der Waals surface area contributed by atoms with E-state index in [-0.39, 0.29) is 0 Å². The monoisotopic (exact) mass is 252 g/mol. The highest BCUT2D eigenvalue weighted by molar-refractivity contribution is 4.81. The molecule has 0 aromatic rings. The minimum Gasteiger partial charge on any atom is -0.0885 e. The Hall–Kier alpha value is -0.260. The summed E-state index contributed by atoms with van der Waals surface area (Å²) in [6.45, 7) is 4.56. The summed E-state index contributed by atoms with van der Waals surface area (Å²) in [7, 11) is 0. The van der Waals surface area contributed by atoms with Gasteiger partial charge in [-0.2, -0.15) is 0 Å². The van der Waals surface area contributed by atoms with E-state index in [0.29, 0.717) is 0 Å². The highest BCUT2D eigenvalue weighted by atomic mass is 14.0. The van der Waals surface area contributed by atoms with Gasteiger partial charge in [0.2, 0.25) is 0 Å². The third-order valence-corrected chi connectivity index (χ3v) is 3.62. The molecule has 0 N–H and O–H groups in total. The summed E-state index contributed by atoms with van der Waals surface area (Å²) in [6.07, 6.45) is 24.4. The maximum atomic E-state index is 2.41. The highest BCUT2D eigenvalue weighted by Crippen LogP contribution is 2.10. The molecule has 18 heavy (non-hydrogen) atoms. The first-order valence-corrected chi connectivity index (χ1v) is 8.56. The van der Waals surface area contributed by atoms with Gasteiger partial charge in [-0.05, 0) is 25.7 Å². The predicted octanol–water partition coefficient (Wildman–Crippen LogP) is 7.04. The van der Waals surface area contributed by atoms with Crippen LogP contribution in [0.25, 0.3) is 0 Å². The van der Waals surface area contributed by atoms with E-state index in [9.17, 15) is 0 Å². The quantitative estimate of drug-likeness (QED) is 0.230. The molecule has 0 heterocycles. The van der Waals surface area contributed by atoms with Gasteiger partial charge in [0.1, 0.15) is 0 Å². The second kappa shape index (κ2) is 16.7. The zero-order chi connectivity index (χ0) is 13.3. The summed E-state index contributed by atoms with van der Waals surface area (Å²) >= 11 is 0. The Bertz CT molecular complexity index is 157. The fourth-order valence-corrected chi connectivity index (χ4v) is 2.32. The maximum absolute atomic E-state index is 2.41. The molecule has 0 bridgehead atoms. The van der Waals surface area contributed by atoms with Gasteiger partial charge in [-0.15, -0.1) is 0 Å². The molecule has 0 heteroatoms. The van der Waals surface area contributed by atoms with Crippen LogP contribution in [-0.2, 0) is 0 Å². The number of hydrogen-bond donors (Lipinski definition) is 0. The van der Waals surface area contributed by atoms with Gasteiger partial charge in [-0.3, -0.25) is 0 Å². The lowest BCUT2D eigenvalue weighted by atomic mass is 10.1. The van der Waals surface area contributed by atoms with Gasteiger partial charge in [-0.25, -0.2) is 0 Å². The van der Waals surface area contributed by atoms with Crippen molar-refractivity contribution in [2.45, 2.75) is 104 Å². The first-order valence-electron chi connectivity index (χ1n) is 8.56. The molecule has 0 spiro atoms. The second-order valence-corrected chi connectivity index (χ2v) is 5.58. The van der Waals surface area contributed by atoms with E-state index in [2.05, 4.69) is 26.0 Å². The molecule has 0 aliphatic carbocycles. The van der Waals surface area contributed by atoms with E-state index in [1.807, 2.05) is 0 Å². The first kappa shape index (κ1) is 17.7. The zero-order valence-corrected chi connectivity index (χ0v) is 13.1. The molecule has 0 amide bonds. The van der Waals surface area contributed by atoms with Gasteiger partial charge in [0.15, 0.2) is 0 Å². The average molecular weight is 252 g/mol. The second-order valence-electron chi connectivity index (χ2n) is 5.58. The minimum atomic E-state index is 1.30. The largest absolute Gasteiger partial charge is 0.0885 e. The van der Waals surface area contributed by atoms with Gasteiger partial charge < -0.3 is 0 Å². The fraction of sp³-hybridized carbons (Fsp3) is 0.889. The van der Waals surface area contributed by atoms with Crippen molar-refractivity contribution < 1.29 is 0 Å². The molecular weight excluding hydrogens is 216 g/mol. The standard InChI is InChI=1S/C18H36/c1-3-5-7-9-11-13-15-17-18-16-14-12-10-8-6-4-2/h13,15H,3-12,14,16-18H2,1-2H3. The van der Waals surface area contributed by atoms with Crippen LogP contribution in [0.3, 0.4) is 0 Å². The Balaban J connectivity index is 2.99. The van der Waals surface area contributed by atoms with E-state index in [1.54, 1.807) is 0 Å². The Morgan fingerprint density at radius 1 is 0.444 bits per heavy atom. The van der Waals surface area contributed by atoms with Crippen molar-refractivity contribution in [3.8, 4) is 0 Å². The van der Waals surface area contributed by atoms with E-state index in [0.717, 1.165) is 0 Å². The molecule has 0 saturated heterocycles. The molecule has 0 aromatic heterocycles. The minimum absolute atomic E-state index is 1.30. The molecule has 0 fully saturated rings. The van der Waals surface area contributed by atoms with Crippen molar-refractivity contribution in [2.75, 3.05) is 0 Å². The summed E-state index contributed by atoms with van der Waals surface area (Å²) in [5.41, 5.74) is 0. The van der Waals surface area contributed by atoms with Crippen LogP contribution in [0.4, 0.5) is 0 Å². The molecule has 0 radical (unpaired) electrons. The van der Waals surface area contributed by atoms with Crippen LogP contribution in [0.2, 0.25) is 0 Å². The van der Waals surface area contributed by atoms with E-state index in [4.69, 9.17) is 0 Å². The SMILES string of the molecule is CCCCCCC=CCCCCCCCCCC. The van der Waals surface area contributed by atoms with Crippen molar-refractivity contribution in [3.63, 3.8) is 0 Å². The van der Waals surface area contributed by atoms with Crippen LogP contribution in [0.5, 0.6) is 0 Å². The Labute approximate surface area is 116 Å². The Morgan fingerprint density at radius 3 is 1.22 bits per heavy atom. The van der Waals surface area contributed by atoms with Crippen molar-refractivity contribution in [3.05, 3.63) is 12.2 Å². The summed E-state index contributed by atoms with van der Waals surface area (Å²) < 4.78 is 0. The topological polar surface area (TPSA) is 0 Å². The van der Waals surface area contributed by atoms with Gasteiger partial charge in [-0.1, -0.05) is 90.2 Å². The predicted molar refractivity (Wildman–Crippen MR) is 85.1 cm³/mol. The average Bonchev–Trinajstić information content (AvgIpc) is 2.39. The summed E-state index contributed by atoms with van der Waals surface area (Å²) in [6, 6.07) is 0. The van der Waals surface area contributed by atoms with Crippen LogP contribution < -0.4 is 0 Å². The lowest BCUT2D eigenvalue weighted by Gasteiger charge is -1.99. The van der Waals surface area contributed by atoms with Gasteiger partial charge in [0, 0.05) is 0 Å². The van der Waals surface area contributed by atoms with Crippen LogP contribution in [0, 0.1) is 0 Å². The van der Waals surface area contributed by atoms with Gasteiger partial charge in [0.25, 0.3) is 0 Å². The molecule has 108 valence electrons. The van der Waals surface area contributed by atoms with Gasteiger partial charge in [0.05, 0.1) is 0 Å². The molecule has 0 aliphatic heterocycles. The first-order chi connectivity index (χ1) is 8.91. The number of rotatable bonds is 14. The highest BCUT2D eigenvalue weighted by Gasteiger charge is 1.90. The third kappa shape index (κ3) is 15.7. The molecule has 0 aliphatic rings. The lowest BCUT2D eigenvalue weighted by molar-refractivity contribution is 0.577. The molecule has 0 unspecified atom stereocenters. The molecule has 0 saturated carbocycles. The molecule has 0 aromatic carbocycles. The Morgan fingerprint density at radius 2 is 0.778 bits per heavy atom. The van der Waals surface area contributed by atoms with E-state index >= 15 is 0 Å². The van der Waals surface area contributed by atoms with Crippen molar-refractivity contribution >= 4 is 0 Å². The molecule has 0 rings (SSSR count). The normalized spacial score (nSPS) is 11.4. The van der Waals surface area contributed by atoms with Crippen molar-refractivity contribution in [2.24, 2.45) is 0 Å². The lowest BCUT2D eigenvalue weighted by Crippen LogP contribution is -1.80. The van der Waals surface area contributed by atoms with Gasteiger partial charge >= 0.3 is 0 Å². The third-order valence-electron chi connectivity index (χ3n) is 3.62. The van der Waals surface area contributed by atoms with Crippen LogP contribution in [0.1, 0.15) is 104 Å². The zero-order valence-electron chi connectivity index (χ0n) is 13.1. The summed E-state index contributed by atoms with van der Waals surface area (Å²) in [5, 5.41) is 0. The summed E-state index contributed by atoms with van der Waals surface area (Å²) in [5.74, 6) is 0. The van der Waals surface area contributed by atoms with E-state index in [1.165, 1.54) is 89.9 Å². The van der Waals surface area contributed by atoms with E-state index < -0.39 is 0 Å². The fourth-order valence-electron chi connectivity index (χ4n) is 2.32. The molecular formula is C18H36. The molecule has 0 atom stereocenters.